The third kappa shape index (κ3) is 3.76. The van der Waals surface area contributed by atoms with Crippen LogP contribution in [-0.4, -0.2) is 31.3 Å². The third-order valence-corrected chi connectivity index (χ3v) is 3.81. The number of nitrogens with zero attached hydrogens (tertiary/aromatic N) is 2. The van der Waals surface area contributed by atoms with Crippen molar-refractivity contribution >= 4 is 18.0 Å². The highest BCUT2D eigenvalue weighted by atomic mass is 16.5. The van der Waals surface area contributed by atoms with Gasteiger partial charge in [-0.25, -0.2) is 0 Å². The summed E-state index contributed by atoms with van der Waals surface area (Å²) >= 11 is 0. The second-order valence-electron chi connectivity index (χ2n) is 5.43. The van der Waals surface area contributed by atoms with E-state index in [1.54, 1.807) is 13.2 Å². The Kier molecular flexibility index (Phi) is 5.14. The van der Waals surface area contributed by atoms with Crippen molar-refractivity contribution in [2.24, 2.45) is 0 Å². The zero-order valence-electron chi connectivity index (χ0n) is 13.5. The fourth-order valence-electron chi connectivity index (χ4n) is 2.58. The van der Waals surface area contributed by atoms with Crippen molar-refractivity contribution < 1.29 is 13.9 Å². The normalized spacial score (nSPS) is 17.1. The van der Waals surface area contributed by atoms with Crippen LogP contribution in [-0.2, 0) is 4.74 Å². The molecule has 2 aromatic rings. The van der Waals surface area contributed by atoms with E-state index in [1.807, 2.05) is 36.4 Å². The summed E-state index contributed by atoms with van der Waals surface area (Å²) in [5.74, 6) is 1.51. The predicted octanol–water partition coefficient (Wildman–Crippen LogP) is 3.32. The van der Waals surface area contributed by atoms with E-state index in [9.17, 15) is 5.26 Å². The molecule has 1 aromatic carbocycles. The largest absolute Gasteiger partial charge is 0.496 e. The highest BCUT2D eigenvalue weighted by Crippen LogP contribution is 2.22. The van der Waals surface area contributed by atoms with Gasteiger partial charge in [0.15, 0.2) is 0 Å². The lowest BCUT2D eigenvalue weighted by molar-refractivity contribution is 0.120. The van der Waals surface area contributed by atoms with E-state index >= 15 is 0 Å². The Labute approximate surface area is 140 Å². The Morgan fingerprint density at radius 3 is 3.04 bits per heavy atom. The molecule has 0 spiro atoms. The van der Waals surface area contributed by atoms with Crippen LogP contribution in [0, 0.1) is 11.3 Å². The molecule has 1 fully saturated rings. The van der Waals surface area contributed by atoms with Crippen LogP contribution in [0.4, 0.5) is 5.88 Å². The summed E-state index contributed by atoms with van der Waals surface area (Å²) in [5, 5.41) is 12.3. The number of rotatable bonds is 6. The first-order valence-corrected chi connectivity index (χ1v) is 7.87. The summed E-state index contributed by atoms with van der Waals surface area (Å²) in [6.45, 7) is 1.40. The van der Waals surface area contributed by atoms with Crippen LogP contribution in [0.25, 0.3) is 12.2 Å². The summed E-state index contributed by atoms with van der Waals surface area (Å²) in [6, 6.07) is 9.68. The Morgan fingerprint density at radius 1 is 1.42 bits per heavy atom. The van der Waals surface area contributed by atoms with Crippen LogP contribution < -0.4 is 10.1 Å². The first-order chi connectivity index (χ1) is 11.8. The fraction of sp³-hybridized carbons (Fsp3) is 0.333. The van der Waals surface area contributed by atoms with Crippen molar-refractivity contribution in [2.45, 2.75) is 18.9 Å². The SMILES string of the molecule is COc1ccccc1C=Cc1nc(C#N)c(NCC2CCCO2)o1. The molecule has 0 bridgehead atoms. The van der Waals surface area contributed by atoms with E-state index in [0.29, 0.717) is 18.3 Å². The van der Waals surface area contributed by atoms with E-state index in [0.717, 1.165) is 30.8 Å². The number of hydrogen-bond donors (Lipinski definition) is 1. The maximum absolute atomic E-state index is 9.20. The minimum absolute atomic E-state index is 0.161. The van der Waals surface area contributed by atoms with Gasteiger partial charge >= 0.3 is 0 Å². The Bertz CT molecular complexity index is 755. The van der Waals surface area contributed by atoms with Gasteiger partial charge in [-0.3, -0.25) is 0 Å². The molecule has 1 unspecified atom stereocenters. The molecule has 124 valence electrons. The molecule has 1 aromatic heterocycles. The molecule has 3 rings (SSSR count). The number of nitrogens with one attached hydrogen (secondary N) is 1. The van der Waals surface area contributed by atoms with E-state index in [4.69, 9.17) is 13.9 Å². The topological polar surface area (TPSA) is 80.3 Å². The zero-order chi connectivity index (χ0) is 16.8. The van der Waals surface area contributed by atoms with Gasteiger partial charge in [-0.05, 0) is 25.0 Å². The summed E-state index contributed by atoms with van der Waals surface area (Å²) < 4.78 is 16.5. The van der Waals surface area contributed by atoms with Gasteiger partial charge in [0.05, 0.1) is 13.2 Å². The number of oxazole rings is 1. The Morgan fingerprint density at radius 2 is 2.29 bits per heavy atom. The highest BCUT2D eigenvalue weighted by molar-refractivity contribution is 5.70. The van der Waals surface area contributed by atoms with Gasteiger partial charge in [-0.1, -0.05) is 18.2 Å². The molecule has 1 atom stereocenters. The number of ether oxygens (including phenoxy) is 2. The van der Waals surface area contributed by atoms with Crippen LogP contribution >= 0.6 is 0 Å². The van der Waals surface area contributed by atoms with Gasteiger partial charge in [0.2, 0.25) is 17.5 Å². The van der Waals surface area contributed by atoms with Crippen LogP contribution in [0.15, 0.2) is 28.7 Å². The Balaban J connectivity index is 1.72. The number of para-hydroxylation sites is 1. The van der Waals surface area contributed by atoms with Gasteiger partial charge in [0.25, 0.3) is 0 Å². The maximum atomic E-state index is 9.20. The lowest BCUT2D eigenvalue weighted by Gasteiger charge is -2.09. The number of aromatic nitrogens is 1. The molecule has 1 N–H and O–H groups in total. The van der Waals surface area contributed by atoms with Crippen molar-refractivity contribution in [1.29, 1.82) is 5.26 Å². The second-order valence-corrected chi connectivity index (χ2v) is 5.43. The van der Waals surface area contributed by atoms with Crippen molar-refractivity contribution in [3.05, 3.63) is 41.4 Å². The standard InChI is InChI=1S/C18H19N3O3/c1-22-16-7-3-2-5-13(16)8-9-17-21-15(11-19)18(24-17)20-12-14-6-4-10-23-14/h2-3,5,7-9,14,20H,4,6,10,12H2,1H3. The molecule has 0 aliphatic carbocycles. The van der Waals surface area contributed by atoms with Gasteiger partial charge in [0, 0.05) is 24.8 Å². The Hall–Kier alpha value is -2.78. The van der Waals surface area contributed by atoms with Gasteiger partial charge in [-0.15, -0.1) is 0 Å². The lowest BCUT2D eigenvalue weighted by atomic mass is 10.2. The number of benzene rings is 1. The number of nitriles is 1. The monoisotopic (exact) mass is 325 g/mol. The van der Waals surface area contributed by atoms with Crippen LogP contribution in [0.5, 0.6) is 5.75 Å². The molecule has 24 heavy (non-hydrogen) atoms. The van der Waals surface area contributed by atoms with Crippen molar-refractivity contribution in [3.63, 3.8) is 0 Å². The van der Waals surface area contributed by atoms with E-state index < -0.39 is 0 Å². The second kappa shape index (κ2) is 7.66. The van der Waals surface area contributed by atoms with Crippen molar-refractivity contribution in [2.75, 3.05) is 25.6 Å². The van der Waals surface area contributed by atoms with Crippen LogP contribution in [0.2, 0.25) is 0 Å². The summed E-state index contributed by atoms with van der Waals surface area (Å²) in [4.78, 5) is 4.19. The van der Waals surface area contributed by atoms with Crippen molar-refractivity contribution in [3.8, 4) is 11.8 Å². The van der Waals surface area contributed by atoms with Gasteiger partial charge in [0.1, 0.15) is 11.8 Å². The molecule has 6 nitrogen and oxygen atoms in total. The van der Waals surface area contributed by atoms with Crippen LogP contribution in [0.1, 0.15) is 30.0 Å². The first kappa shape index (κ1) is 16.1. The van der Waals surface area contributed by atoms with Crippen LogP contribution in [0.3, 0.4) is 0 Å². The average molecular weight is 325 g/mol. The van der Waals surface area contributed by atoms with E-state index in [2.05, 4.69) is 10.3 Å². The molecule has 0 amide bonds. The minimum atomic E-state index is 0.161. The van der Waals surface area contributed by atoms with E-state index in [-0.39, 0.29) is 11.8 Å². The van der Waals surface area contributed by atoms with Crippen molar-refractivity contribution in [1.82, 2.24) is 4.98 Å². The predicted molar refractivity (Wildman–Crippen MR) is 90.6 cm³/mol. The molecular weight excluding hydrogens is 306 g/mol. The zero-order valence-corrected chi connectivity index (χ0v) is 13.5. The van der Waals surface area contributed by atoms with Gasteiger partial charge in [-0.2, -0.15) is 10.2 Å². The molecule has 0 saturated carbocycles. The fourth-order valence-corrected chi connectivity index (χ4v) is 2.58. The first-order valence-electron chi connectivity index (χ1n) is 7.87. The molecule has 2 heterocycles. The number of anilines is 1. The molecule has 6 heteroatoms. The van der Waals surface area contributed by atoms with E-state index in [1.165, 1.54) is 0 Å². The maximum Gasteiger partial charge on any atom is 0.232 e. The summed E-state index contributed by atoms with van der Waals surface area (Å²) in [6.07, 6.45) is 5.81. The van der Waals surface area contributed by atoms with Gasteiger partial charge < -0.3 is 19.2 Å². The number of hydrogen-bond acceptors (Lipinski definition) is 6. The average Bonchev–Trinajstić information content (AvgIpc) is 3.27. The third-order valence-electron chi connectivity index (χ3n) is 3.81. The number of methoxy groups -OCH3 is 1. The minimum Gasteiger partial charge on any atom is -0.496 e. The lowest BCUT2D eigenvalue weighted by Crippen LogP contribution is -2.18. The highest BCUT2D eigenvalue weighted by Gasteiger charge is 2.18. The summed E-state index contributed by atoms with van der Waals surface area (Å²) in [5.41, 5.74) is 1.15. The quantitative estimate of drug-likeness (QED) is 0.877. The molecule has 0 radical (unpaired) electrons. The smallest absolute Gasteiger partial charge is 0.232 e. The molecule has 1 aliphatic rings. The molecule has 1 aliphatic heterocycles. The molecule has 1 saturated heterocycles. The summed E-state index contributed by atoms with van der Waals surface area (Å²) in [7, 11) is 1.62. The molecular formula is C18H19N3O3.